The number of nitrogens with one attached hydrogen (secondary N) is 1. The summed E-state index contributed by atoms with van der Waals surface area (Å²) in [5.74, 6) is 0.241. The predicted octanol–water partition coefficient (Wildman–Crippen LogP) is 0.715. The van der Waals surface area contributed by atoms with Crippen LogP contribution in [0.2, 0.25) is 0 Å². The molecule has 1 amide bonds. The maximum absolute atomic E-state index is 11.9. The third kappa shape index (κ3) is 2.51. The summed E-state index contributed by atoms with van der Waals surface area (Å²) in [6.45, 7) is 0. The number of carbonyl (C=O) groups excluding carboxylic acids is 1. The van der Waals surface area contributed by atoms with Crippen molar-refractivity contribution in [3.63, 3.8) is 0 Å². The van der Waals surface area contributed by atoms with Crippen molar-refractivity contribution in [1.82, 2.24) is 15.2 Å². The molecule has 1 heterocycles. The topological polar surface area (TPSA) is 103 Å². The summed E-state index contributed by atoms with van der Waals surface area (Å²) in [6, 6.07) is 4.81. The fourth-order valence-electron chi connectivity index (χ4n) is 1.33. The van der Waals surface area contributed by atoms with Gasteiger partial charge in [0.05, 0.1) is 25.1 Å². The Bertz CT molecular complexity index is 559. The lowest BCUT2D eigenvalue weighted by Gasteiger charge is -2.07. The monoisotopic (exact) mass is 245 g/mol. The molecule has 0 unspecified atom stereocenters. The number of nitrogens with two attached hydrogens (primary N) is 1. The van der Waals surface area contributed by atoms with E-state index in [9.17, 15) is 4.79 Å². The fraction of sp³-hybridized carbons (Fsp3) is 0.0909. The lowest BCUT2D eigenvalue weighted by molar-refractivity contribution is 0.102. The van der Waals surface area contributed by atoms with Crippen molar-refractivity contribution in [3.05, 3.63) is 36.2 Å². The Morgan fingerprint density at radius 1 is 1.39 bits per heavy atom. The minimum Gasteiger partial charge on any atom is -0.497 e. The van der Waals surface area contributed by atoms with Crippen LogP contribution in [0.1, 0.15) is 10.4 Å². The molecular formula is C11H11N5O2. The Kier molecular flexibility index (Phi) is 3.33. The Morgan fingerprint density at radius 3 is 2.89 bits per heavy atom. The van der Waals surface area contributed by atoms with E-state index in [0.717, 1.165) is 0 Å². The number of benzene rings is 1. The van der Waals surface area contributed by atoms with Crippen molar-refractivity contribution in [2.75, 3.05) is 18.2 Å². The van der Waals surface area contributed by atoms with Gasteiger partial charge in [0.1, 0.15) is 5.75 Å². The normalized spacial score (nSPS) is 9.83. The Morgan fingerprint density at radius 2 is 2.22 bits per heavy atom. The maximum atomic E-state index is 11.9. The highest BCUT2D eigenvalue weighted by molar-refractivity contribution is 6.07. The van der Waals surface area contributed by atoms with Crippen LogP contribution in [0.3, 0.4) is 0 Å². The molecule has 0 bridgehead atoms. The summed E-state index contributed by atoms with van der Waals surface area (Å²) in [4.78, 5) is 15.8. The van der Waals surface area contributed by atoms with Crippen LogP contribution in [0.15, 0.2) is 30.6 Å². The Balaban J connectivity index is 2.23. The van der Waals surface area contributed by atoms with E-state index in [1.165, 1.54) is 19.5 Å². The minimum atomic E-state index is -0.417. The largest absolute Gasteiger partial charge is 0.497 e. The minimum absolute atomic E-state index is 0.115. The Hall–Kier alpha value is -2.70. The SMILES string of the molecule is COc1ccc(N)c(C(=O)Nc2nccnn2)c1. The molecule has 7 heteroatoms. The van der Waals surface area contributed by atoms with Crippen LogP contribution in [0.5, 0.6) is 5.75 Å². The van der Waals surface area contributed by atoms with Gasteiger partial charge in [0.15, 0.2) is 0 Å². The Labute approximate surface area is 103 Å². The summed E-state index contributed by atoms with van der Waals surface area (Å²) in [6.07, 6.45) is 2.84. The molecule has 0 radical (unpaired) electrons. The quantitative estimate of drug-likeness (QED) is 0.772. The summed E-state index contributed by atoms with van der Waals surface area (Å²) in [7, 11) is 1.51. The van der Waals surface area contributed by atoms with Gasteiger partial charge in [-0.25, -0.2) is 4.98 Å². The van der Waals surface area contributed by atoms with Gasteiger partial charge < -0.3 is 10.5 Å². The van der Waals surface area contributed by atoms with E-state index >= 15 is 0 Å². The molecule has 0 saturated carbocycles. The zero-order valence-electron chi connectivity index (χ0n) is 9.62. The highest BCUT2D eigenvalue weighted by Crippen LogP contribution is 2.20. The van der Waals surface area contributed by atoms with Crippen LogP contribution < -0.4 is 15.8 Å². The molecule has 0 saturated heterocycles. The van der Waals surface area contributed by atoms with E-state index in [1.54, 1.807) is 18.2 Å². The molecule has 1 aromatic heterocycles. The zero-order chi connectivity index (χ0) is 13.0. The van der Waals surface area contributed by atoms with Gasteiger partial charge in [0, 0.05) is 5.69 Å². The predicted molar refractivity (Wildman–Crippen MR) is 65.2 cm³/mol. The molecule has 92 valence electrons. The second-order valence-electron chi connectivity index (χ2n) is 3.37. The first-order valence-corrected chi connectivity index (χ1v) is 5.09. The van der Waals surface area contributed by atoms with E-state index in [1.807, 2.05) is 0 Å². The average Bonchev–Trinajstić information content (AvgIpc) is 2.40. The summed E-state index contributed by atoms with van der Waals surface area (Å²) < 4.78 is 5.03. The maximum Gasteiger partial charge on any atom is 0.260 e. The molecule has 2 aromatic rings. The number of aromatic nitrogens is 3. The van der Waals surface area contributed by atoms with Crippen molar-refractivity contribution in [3.8, 4) is 5.75 Å². The standard InChI is InChI=1S/C11H11N5O2/c1-18-7-2-3-9(12)8(6-7)10(17)15-11-13-4-5-14-16-11/h2-6H,12H2,1H3,(H,13,15,16,17). The molecule has 0 aliphatic rings. The number of anilines is 2. The van der Waals surface area contributed by atoms with E-state index < -0.39 is 5.91 Å². The molecule has 1 aromatic carbocycles. The smallest absolute Gasteiger partial charge is 0.260 e. The van der Waals surface area contributed by atoms with Crippen molar-refractivity contribution < 1.29 is 9.53 Å². The second kappa shape index (κ2) is 5.09. The first-order chi connectivity index (χ1) is 8.70. The van der Waals surface area contributed by atoms with Crippen LogP contribution in [0.4, 0.5) is 11.6 Å². The van der Waals surface area contributed by atoms with Crippen molar-refractivity contribution >= 4 is 17.5 Å². The first kappa shape index (κ1) is 11.8. The third-order valence-corrected chi connectivity index (χ3v) is 2.21. The summed E-state index contributed by atoms with van der Waals surface area (Å²) in [5, 5.41) is 9.75. The number of hydrogen-bond donors (Lipinski definition) is 2. The van der Waals surface area contributed by atoms with E-state index in [4.69, 9.17) is 10.5 Å². The van der Waals surface area contributed by atoms with Crippen molar-refractivity contribution in [1.29, 1.82) is 0 Å². The lowest BCUT2D eigenvalue weighted by atomic mass is 10.1. The van der Waals surface area contributed by atoms with Gasteiger partial charge in [-0.1, -0.05) is 0 Å². The molecule has 0 atom stereocenters. The molecule has 2 rings (SSSR count). The van der Waals surface area contributed by atoms with E-state index in [0.29, 0.717) is 17.0 Å². The number of hydrogen-bond acceptors (Lipinski definition) is 6. The van der Waals surface area contributed by atoms with Crippen molar-refractivity contribution in [2.24, 2.45) is 0 Å². The van der Waals surface area contributed by atoms with Crippen LogP contribution in [0.25, 0.3) is 0 Å². The van der Waals surface area contributed by atoms with Crippen LogP contribution in [-0.2, 0) is 0 Å². The van der Waals surface area contributed by atoms with Crippen LogP contribution in [0, 0.1) is 0 Å². The summed E-state index contributed by atoms with van der Waals surface area (Å²) in [5.41, 5.74) is 6.36. The molecular weight excluding hydrogens is 234 g/mol. The summed E-state index contributed by atoms with van der Waals surface area (Å²) >= 11 is 0. The number of amides is 1. The molecule has 0 aliphatic carbocycles. The third-order valence-electron chi connectivity index (χ3n) is 2.21. The van der Waals surface area contributed by atoms with Gasteiger partial charge in [-0.3, -0.25) is 10.1 Å². The number of nitrogens with zero attached hydrogens (tertiary/aromatic N) is 3. The van der Waals surface area contributed by atoms with Crippen LogP contribution >= 0.6 is 0 Å². The molecule has 18 heavy (non-hydrogen) atoms. The lowest BCUT2D eigenvalue weighted by Crippen LogP contribution is -2.16. The number of carbonyl (C=O) groups is 1. The molecule has 7 nitrogen and oxygen atoms in total. The highest BCUT2D eigenvalue weighted by atomic mass is 16.5. The number of ether oxygens (including phenoxy) is 1. The number of methoxy groups -OCH3 is 1. The number of rotatable bonds is 3. The average molecular weight is 245 g/mol. The van der Waals surface area contributed by atoms with E-state index in [-0.39, 0.29) is 5.95 Å². The molecule has 0 spiro atoms. The van der Waals surface area contributed by atoms with Gasteiger partial charge in [0.25, 0.3) is 5.91 Å². The van der Waals surface area contributed by atoms with Gasteiger partial charge in [-0.05, 0) is 18.2 Å². The first-order valence-electron chi connectivity index (χ1n) is 5.09. The zero-order valence-corrected chi connectivity index (χ0v) is 9.62. The molecule has 0 fully saturated rings. The molecule has 0 aliphatic heterocycles. The van der Waals surface area contributed by atoms with Crippen molar-refractivity contribution in [2.45, 2.75) is 0 Å². The van der Waals surface area contributed by atoms with Gasteiger partial charge in [-0.2, -0.15) is 5.10 Å². The number of nitrogen functional groups attached to an aromatic ring is 1. The van der Waals surface area contributed by atoms with Gasteiger partial charge in [0.2, 0.25) is 5.95 Å². The highest BCUT2D eigenvalue weighted by Gasteiger charge is 2.12. The molecule has 3 N–H and O–H groups in total. The van der Waals surface area contributed by atoms with Gasteiger partial charge in [-0.15, -0.1) is 5.10 Å². The second-order valence-corrected chi connectivity index (χ2v) is 3.37. The van der Waals surface area contributed by atoms with Gasteiger partial charge >= 0.3 is 0 Å². The fourth-order valence-corrected chi connectivity index (χ4v) is 1.33. The van der Waals surface area contributed by atoms with E-state index in [2.05, 4.69) is 20.5 Å². The van der Waals surface area contributed by atoms with Crippen LogP contribution in [-0.4, -0.2) is 28.2 Å².